The zero-order valence-corrected chi connectivity index (χ0v) is 8.52. The maximum atomic E-state index is 10.3. The van der Waals surface area contributed by atoms with Crippen molar-refractivity contribution in [3.8, 4) is 11.5 Å². The van der Waals surface area contributed by atoms with Gasteiger partial charge in [-0.2, -0.15) is 0 Å². The first kappa shape index (κ1) is 17.4. The second kappa shape index (κ2) is 8.38. The number of phenolic OH excluding ortho intramolecular Hbond substituents is 1. The van der Waals surface area contributed by atoms with Crippen LogP contribution in [0.5, 0.6) is 11.5 Å². The summed E-state index contributed by atoms with van der Waals surface area (Å²) in [5.74, 6) is 0.0485. The molecule has 0 aliphatic heterocycles. The average molecular weight is 258 g/mol. The van der Waals surface area contributed by atoms with Crippen molar-refractivity contribution in [1.29, 1.82) is 0 Å². The molecule has 1 aromatic carbocycles. The Hall–Kier alpha value is 0.286. The summed E-state index contributed by atoms with van der Waals surface area (Å²) in [5.41, 5.74) is 0. The van der Waals surface area contributed by atoms with Gasteiger partial charge in [-0.1, -0.05) is 12.1 Å². The monoisotopic (exact) mass is 257 g/mol. The van der Waals surface area contributed by atoms with Gasteiger partial charge in [0.25, 0.3) is 0 Å². The van der Waals surface area contributed by atoms with Crippen LogP contribution in [-0.2, 0) is 22.4 Å². The van der Waals surface area contributed by atoms with E-state index in [1.54, 1.807) is 0 Å². The Kier molecular flexibility index (Phi) is 13.3. The molecule has 0 saturated carbocycles. The summed E-state index contributed by atoms with van der Waals surface area (Å²) in [7, 11) is 0. The summed E-state index contributed by atoms with van der Waals surface area (Å²) < 4.78 is 0. The number of hydrogen-bond acceptors (Lipinski definition) is 3. The maximum absolute atomic E-state index is 10.3. The Bertz CT molecular complexity index is 157. The molecule has 0 saturated heterocycles. The van der Waals surface area contributed by atoms with Gasteiger partial charge >= 0.3 is 23.1 Å². The van der Waals surface area contributed by atoms with Crippen molar-refractivity contribution in [3.63, 3.8) is 0 Å². The number of rotatable bonds is 0. The van der Waals surface area contributed by atoms with Gasteiger partial charge in [0, 0.05) is 22.4 Å². The summed E-state index contributed by atoms with van der Waals surface area (Å²) in [6.45, 7) is 0. The molecule has 11 heavy (non-hydrogen) atoms. The number of phenols is 1. The van der Waals surface area contributed by atoms with Crippen molar-refractivity contribution in [2.24, 2.45) is 0 Å². The summed E-state index contributed by atoms with van der Waals surface area (Å²) in [6.07, 6.45) is 0. The molecule has 0 unspecified atom stereocenters. The van der Waals surface area contributed by atoms with E-state index < -0.39 is 0 Å². The van der Waals surface area contributed by atoms with Crippen LogP contribution in [0.4, 0.5) is 0 Å². The summed E-state index contributed by atoms with van der Waals surface area (Å²) in [5, 5.41) is 18.9. The molecule has 0 spiro atoms. The minimum Gasteiger partial charge on any atom is -0.872 e. The predicted molar refractivity (Wildman–Crippen MR) is 35.2 cm³/mol. The molecule has 1 aromatic rings. The quantitative estimate of drug-likeness (QED) is 0.661. The topological polar surface area (TPSA) is 73.3 Å². The fraction of sp³-hybridized carbons (Fsp3) is 0. The molecule has 0 aromatic heterocycles. The molecule has 0 bridgehead atoms. The Balaban J connectivity index is -0.000000213. The Morgan fingerprint density at radius 2 is 1.45 bits per heavy atom. The van der Waals surface area contributed by atoms with Gasteiger partial charge in [0.05, 0.1) is 0 Å². The maximum Gasteiger partial charge on any atom is 2.00 e. The molecular weight excluding hydrogens is 252 g/mol. The van der Waals surface area contributed by atoms with E-state index in [0.717, 1.165) is 0 Å². The van der Waals surface area contributed by atoms with Gasteiger partial charge in [-0.3, -0.25) is 0 Å². The third-order valence-corrected chi connectivity index (χ3v) is 0.837. The van der Waals surface area contributed by atoms with Gasteiger partial charge < -0.3 is 15.7 Å². The van der Waals surface area contributed by atoms with Crippen molar-refractivity contribution >= 4 is 23.1 Å². The van der Waals surface area contributed by atoms with Crippen LogP contribution in [0.15, 0.2) is 24.3 Å². The number of hydrogen-bond donors (Lipinski definition) is 1. The first-order valence-corrected chi connectivity index (χ1v) is 2.25. The molecule has 0 heterocycles. The van der Waals surface area contributed by atoms with E-state index in [1.807, 2.05) is 0 Å². The molecule has 0 fully saturated rings. The largest absolute Gasteiger partial charge is 2.00 e. The van der Waals surface area contributed by atoms with Gasteiger partial charge in [0.15, 0.2) is 0 Å². The van der Waals surface area contributed by atoms with Crippen LogP contribution in [0.25, 0.3) is 0 Å². The summed E-state index contributed by atoms with van der Waals surface area (Å²) in [6, 6.07) is 5.36. The van der Waals surface area contributed by atoms with Crippen molar-refractivity contribution in [2.75, 3.05) is 0 Å². The smallest absolute Gasteiger partial charge is 0.872 e. The van der Waals surface area contributed by atoms with Crippen LogP contribution in [0.2, 0.25) is 0 Å². The van der Waals surface area contributed by atoms with E-state index in [0.29, 0.717) is 0 Å². The van der Waals surface area contributed by atoms with E-state index in [1.165, 1.54) is 24.3 Å². The second-order valence-electron chi connectivity index (χ2n) is 1.49. The zero-order chi connectivity index (χ0) is 5.98. The first-order valence-electron chi connectivity index (χ1n) is 2.25. The molecular formula is C6H6AgMgO3. The van der Waals surface area contributed by atoms with Gasteiger partial charge in [-0.05, 0) is 12.1 Å². The van der Waals surface area contributed by atoms with Gasteiger partial charge in [-0.25, -0.2) is 0 Å². The number of aromatic hydroxyl groups is 1. The van der Waals surface area contributed by atoms with Crippen LogP contribution >= 0.6 is 0 Å². The SMILES string of the molecule is [Ag].[Mg+2].[O-]c1ccc(O)cc1.[OH-]. The molecule has 0 atom stereocenters. The second-order valence-corrected chi connectivity index (χ2v) is 1.49. The fourth-order valence-corrected chi connectivity index (χ4v) is 0.446. The minimum absolute atomic E-state index is 0. The van der Waals surface area contributed by atoms with Crippen LogP contribution in [0, 0.1) is 0 Å². The first-order chi connectivity index (χ1) is 3.79. The van der Waals surface area contributed by atoms with E-state index in [-0.39, 0.29) is 62.4 Å². The summed E-state index contributed by atoms with van der Waals surface area (Å²) in [4.78, 5) is 0. The molecule has 0 aliphatic rings. The van der Waals surface area contributed by atoms with Crippen molar-refractivity contribution in [2.45, 2.75) is 0 Å². The van der Waals surface area contributed by atoms with E-state index in [4.69, 9.17) is 5.11 Å². The third kappa shape index (κ3) is 6.68. The molecule has 0 amide bonds. The molecule has 61 valence electrons. The predicted octanol–water partition coefficient (Wildman–Crippen LogP) is -0.0943. The molecule has 2 N–H and O–H groups in total. The van der Waals surface area contributed by atoms with Crippen molar-refractivity contribution in [1.82, 2.24) is 0 Å². The van der Waals surface area contributed by atoms with Crippen LogP contribution in [-0.4, -0.2) is 33.6 Å². The van der Waals surface area contributed by atoms with Crippen molar-refractivity contribution < 1.29 is 38.1 Å². The minimum atomic E-state index is -0.0807. The molecule has 1 rings (SSSR count). The number of benzene rings is 1. The van der Waals surface area contributed by atoms with Gasteiger partial charge in [-0.15, -0.1) is 5.75 Å². The zero-order valence-electron chi connectivity index (χ0n) is 5.62. The molecule has 5 heteroatoms. The van der Waals surface area contributed by atoms with E-state index in [2.05, 4.69) is 0 Å². The third-order valence-electron chi connectivity index (χ3n) is 0.837. The standard InChI is InChI=1S/C6H6O2.Ag.Mg.H2O/c7-5-1-2-6(8)4-3-5;;;/h1-4,7-8H;;;1H2/q;;+2;/p-2. The Morgan fingerprint density at radius 3 is 1.73 bits per heavy atom. The van der Waals surface area contributed by atoms with Gasteiger partial charge in [0.2, 0.25) is 0 Å². The van der Waals surface area contributed by atoms with E-state index in [9.17, 15) is 5.11 Å². The van der Waals surface area contributed by atoms with Crippen LogP contribution in [0.1, 0.15) is 0 Å². The van der Waals surface area contributed by atoms with E-state index >= 15 is 0 Å². The van der Waals surface area contributed by atoms with Crippen LogP contribution in [0.3, 0.4) is 0 Å². The Morgan fingerprint density at radius 1 is 1.09 bits per heavy atom. The molecule has 1 radical (unpaired) electrons. The van der Waals surface area contributed by atoms with Crippen LogP contribution < -0.4 is 5.11 Å². The molecule has 0 aliphatic carbocycles. The van der Waals surface area contributed by atoms with Crippen molar-refractivity contribution in [3.05, 3.63) is 24.3 Å². The normalized spacial score (nSPS) is 6.55. The molecule has 3 nitrogen and oxygen atoms in total. The Labute approximate surface area is 96.4 Å². The van der Waals surface area contributed by atoms with Gasteiger partial charge in [0.1, 0.15) is 5.75 Å². The summed E-state index contributed by atoms with van der Waals surface area (Å²) >= 11 is 0. The average Bonchev–Trinajstić information content (AvgIpc) is 1.77. The fourth-order valence-electron chi connectivity index (χ4n) is 0.446.